The van der Waals surface area contributed by atoms with Crippen molar-refractivity contribution < 1.29 is 14.9 Å². The Morgan fingerprint density at radius 1 is 1.60 bits per heavy atom. The fourth-order valence-corrected chi connectivity index (χ4v) is 0.447. The van der Waals surface area contributed by atoms with Gasteiger partial charge >= 0.3 is 0 Å². The average Bonchev–Trinajstić information content (AvgIpc) is 1.88. The fraction of sp³-hybridized carbons (Fsp3) is 0.667. The van der Waals surface area contributed by atoms with E-state index in [0.29, 0.717) is 13.2 Å². The summed E-state index contributed by atoms with van der Waals surface area (Å²) in [6, 6.07) is 0. The van der Waals surface area contributed by atoms with Crippen molar-refractivity contribution in [2.75, 3.05) is 19.8 Å². The van der Waals surface area contributed by atoms with Gasteiger partial charge in [-0.2, -0.15) is 0 Å². The third-order valence-corrected chi connectivity index (χ3v) is 1.48. The Bertz CT molecular complexity index is 118. The molecule has 0 aromatic rings. The zero-order chi connectivity index (χ0) is 7.98. The summed E-state index contributed by atoms with van der Waals surface area (Å²) in [5.41, 5.74) is 0.969. The molecule has 0 aliphatic rings. The highest BCUT2D eigenvalue weighted by Gasteiger charge is 1.93. The second kappa shape index (κ2) is 5.66. The third kappa shape index (κ3) is 4.74. The Kier molecular flexibility index (Phi) is 5.60. The molecule has 0 heterocycles. The SMILES string of the molecule is C/C(COCCO)=C(/O)P. The number of ether oxygens (including phenoxy) is 1. The Hall–Kier alpha value is -0.110. The molecule has 0 radical (unpaired) electrons. The smallest absolute Gasteiger partial charge is 0.109 e. The lowest BCUT2D eigenvalue weighted by Crippen LogP contribution is -2.02. The molecule has 0 fully saturated rings. The molecule has 0 aliphatic heterocycles. The molecule has 0 saturated heterocycles. The highest BCUT2D eigenvalue weighted by atomic mass is 31.0. The number of hydrogen-bond donors (Lipinski definition) is 2. The van der Waals surface area contributed by atoms with Crippen molar-refractivity contribution in [2.45, 2.75) is 6.92 Å². The summed E-state index contributed by atoms with van der Waals surface area (Å²) in [5, 5.41) is 17.1. The lowest BCUT2D eigenvalue weighted by molar-refractivity contribution is 0.106. The summed E-state index contributed by atoms with van der Waals surface area (Å²) >= 11 is 0. The molecule has 10 heavy (non-hydrogen) atoms. The summed E-state index contributed by atoms with van der Waals surface area (Å²) in [4.78, 5) is 0. The maximum atomic E-state index is 8.82. The maximum absolute atomic E-state index is 8.82. The molecular formula is C6H13O3P. The van der Waals surface area contributed by atoms with Crippen LogP contribution >= 0.6 is 9.24 Å². The van der Waals surface area contributed by atoms with E-state index in [0.717, 1.165) is 5.57 Å². The maximum Gasteiger partial charge on any atom is 0.109 e. The van der Waals surface area contributed by atoms with Crippen LogP contribution in [0.25, 0.3) is 0 Å². The van der Waals surface area contributed by atoms with Crippen molar-refractivity contribution in [3.63, 3.8) is 0 Å². The Labute approximate surface area is 62.9 Å². The molecule has 0 aromatic carbocycles. The molecule has 0 aromatic heterocycles. The van der Waals surface area contributed by atoms with Crippen LogP contribution in [0.2, 0.25) is 0 Å². The van der Waals surface area contributed by atoms with Gasteiger partial charge in [0.25, 0.3) is 0 Å². The van der Waals surface area contributed by atoms with Gasteiger partial charge < -0.3 is 14.9 Å². The first-order valence-electron chi connectivity index (χ1n) is 3.01. The van der Waals surface area contributed by atoms with Gasteiger partial charge in [0.1, 0.15) is 5.50 Å². The molecule has 0 rings (SSSR count). The molecule has 4 heteroatoms. The van der Waals surface area contributed by atoms with Gasteiger partial charge in [0.15, 0.2) is 0 Å². The molecule has 2 N–H and O–H groups in total. The van der Waals surface area contributed by atoms with E-state index in [9.17, 15) is 0 Å². The lowest BCUT2D eigenvalue weighted by atomic mass is 10.4. The largest absolute Gasteiger partial charge is 0.508 e. The molecule has 1 unspecified atom stereocenters. The first-order valence-corrected chi connectivity index (χ1v) is 3.59. The minimum Gasteiger partial charge on any atom is -0.508 e. The monoisotopic (exact) mass is 164 g/mol. The van der Waals surface area contributed by atoms with Gasteiger partial charge in [-0.1, -0.05) is 9.24 Å². The van der Waals surface area contributed by atoms with Crippen molar-refractivity contribution in [3.05, 3.63) is 11.1 Å². The fourth-order valence-electron chi connectivity index (χ4n) is 0.364. The summed E-state index contributed by atoms with van der Waals surface area (Å²) in [6.07, 6.45) is 0. The number of hydrogen-bond acceptors (Lipinski definition) is 3. The highest BCUT2D eigenvalue weighted by molar-refractivity contribution is 7.22. The first-order chi connectivity index (χ1) is 4.68. The van der Waals surface area contributed by atoms with Crippen molar-refractivity contribution >= 4 is 9.24 Å². The Morgan fingerprint density at radius 3 is 2.60 bits per heavy atom. The van der Waals surface area contributed by atoms with Crippen LogP contribution in [0.15, 0.2) is 11.1 Å². The van der Waals surface area contributed by atoms with Crippen LogP contribution in [0.3, 0.4) is 0 Å². The van der Waals surface area contributed by atoms with Crippen LogP contribution in [0.4, 0.5) is 0 Å². The summed E-state index contributed by atoms with van der Waals surface area (Å²) in [6.45, 7) is 2.47. The van der Waals surface area contributed by atoms with Gasteiger partial charge in [-0.25, -0.2) is 0 Å². The molecule has 0 spiro atoms. The van der Waals surface area contributed by atoms with Crippen molar-refractivity contribution in [1.29, 1.82) is 0 Å². The molecule has 0 aliphatic carbocycles. The summed E-state index contributed by atoms with van der Waals surface area (Å²) < 4.78 is 4.92. The van der Waals surface area contributed by atoms with E-state index in [1.165, 1.54) is 0 Å². The molecule has 0 amide bonds. The zero-order valence-electron chi connectivity index (χ0n) is 6.00. The Balaban J connectivity index is 3.40. The summed E-state index contributed by atoms with van der Waals surface area (Å²) in [5.74, 6) is 0. The molecular weight excluding hydrogens is 151 g/mol. The van der Waals surface area contributed by atoms with E-state index < -0.39 is 0 Å². The predicted octanol–water partition coefficient (Wildman–Crippen LogP) is 0.660. The van der Waals surface area contributed by atoms with Crippen LogP contribution in [0.5, 0.6) is 0 Å². The van der Waals surface area contributed by atoms with Gasteiger partial charge in [0.2, 0.25) is 0 Å². The van der Waals surface area contributed by atoms with E-state index >= 15 is 0 Å². The van der Waals surface area contributed by atoms with E-state index in [-0.39, 0.29) is 12.1 Å². The van der Waals surface area contributed by atoms with Crippen molar-refractivity contribution in [1.82, 2.24) is 0 Å². The molecule has 3 nitrogen and oxygen atoms in total. The van der Waals surface area contributed by atoms with E-state index in [1.54, 1.807) is 6.92 Å². The zero-order valence-corrected chi connectivity index (χ0v) is 7.16. The van der Waals surface area contributed by atoms with Gasteiger partial charge in [-0.3, -0.25) is 0 Å². The van der Waals surface area contributed by atoms with Crippen LogP contribution in [-0.2, 0) is 4.74 Å². The minimum absolute atomic E-state index is 0.0187. The van der Waals surface area contributed by atoms with E-state index in [2.05, 4.69) is 9.24 Å². The third-order valence-electron chi connectivity index (χ3n) is 0.991. The topological polar surface area (TPSA) is 49.7 Å². The number of aliphatic hydroxyl groups is 2. The van der Waals surface area contributed by atoms with Crippen LogP contribution < -0.4 is 0 Å². The predicted molar refractivity (Wildman–Crippen MR) is 42.9 cm³/mol. The molecule has 60 valence electrons. The van der Waals surface area contributed by atoms with Gasteiger partial charge in [-0.15, -0.1) is 0 Å². The number of rotatable bonds is 4. The normalized spacial score (nSPS) is 13.1. The first kappa shape index (κ1) is 9.89. The molecule has 1 atom stereocenters. The van der Waals surface area contributed by atoms with Crippen LogP contribution in [0.1, 0.15) is 6.92 Å². The standard InChI is InChI=1S/C6H13O3P/c1-5(6(8)10)4-9-3-2-7/h7-8H,2-4,10H2,1H3/b6-5+. The lowest BCUT2D eigenvalue weighted by Gasteiger charge is -2.02. The van der Waals surface area contributed by atoms with Gasteiger partial charge in [-0.05, 0) is 12.5 Å². The Morgan fingerprint density at radius 2 is 2.20 bits per heavy atom. The van der Waals surface area contributed by atoms with Crippen molar-refractivity contribution in [3.8, 4) is 0 Å². The van der Waals surface area contributed by atoms with Gasteiger partial charge in [0.05, 0.1) is 19.8 Å². The second-order valence-electron chi connectivity index (χ2n) is 1.94. The van der Waals surface area contributed by atoms with Crippen LogP contribution in [0, 0.1) is 0 Å². The molecule has 0 bridgehead atoms. The summed E-state index contributed by atoms with van der Waals surface area (Å²) in [7, 11) is 2.18. The van der Waals surface area contributed by atoms with E-state index in [4.69, 9.17) is 14.9 Å². The van der Waals surface area contributed by atoms with Gasteiger partial charge in [0, 0.05) is 0 Å². The highest BCUT2D eigenvalue weighted by Crippen LogP contribution is 2.07. The second-order valence-corrected chi connectivity index (χ2v) is 2.49. The molecule has 0 saturated carbocycles. The quantitative estimate of drug-likeness (QED) is 0.364. The average molecular weight is 164 g/mol. The van der Waals surface area contributed by atoms with E-state index in [1.807, 2.05) is 0 Å². The number of aliphatic hydroxyl groups excluding tert-OH is 2. The van der Waals surface area contributed by atoms with Crippen molar-refractivity contribution in [2.24, 2.45) is 0 Å². The van der Waals surface area contributed by atoms with Crippen LogP contribution in [-0.4, -0.2) is 30.0 Å². The minimum atomic E-state index is 0.0187.